The molecule has 2 aromatic rings. The molecule has 0 unspecified atom stereocenters. The number of nitrogens with one attached hydrogen (secondary N) is 2. The second kappa shape index (κ2) is 4.88. The molecule has 5 heteroatoms. The fourth-order valence-corrected chi connectivity index (χ4v) is 2.70. The Morgan fingerprint density at radius 2 is 2.39 bits per heavy atom. The van der Waals surface area contributed by atoms with Gasteiger partial charge in [-0.25, -0.2) is 4.98 Å². The van der Waals surface area contributed by atoms with Crippen LogP contribution in [0, 0.1) is 0 Å². The number of fused-ring (bicyclic) bond motifs is 1. The second-order valence-electron chi connectivity index (χ2n) is 4.16. The molecule has 1 aliphatic heterocycles. The van der Waals surface area contributed by atoms with Crippen molar-refractivity contribution in [3.63, 3.8) is 0 Å². The summed E-state index contributed by atoms with van der Waals surface area (Å²) in [5.41, 5.74) is 3.12. The molecule has 1 aromatic carbocycles. The molecule has 0 atom stereocenters. The number of nitrogens with zero attached hydrogens (tertiary/aromatic N) is 1. The molecule has 0 aliphatic carbocycles. The Kier molecular flexibility index (Phi) is 3.08. The topological polar surface area (TPSA) is 54.0 Å². The average molecular weight is 259 g/mol. The molecule has 3 rings (SSSR count). The minimum Gasteiger partial charge on any atom is -0.312 e. The molecular weight excluding hydrogens is 246 g/mol. The van der Waals surface area contributed by atoms with Crippen LogP contribution in [0.3, 0.4) is 0 Å². The highest BCUT2D eigenvalue weighted by Gasteiger charge is 2.17. The van der Waals surface area contributed by atoms with Crippen LogP contribution in [0.1, 0.15) is 21.5 Å². The van der Waals surface area contributed by atoms with Crippen LogP contribution >= 0.6 is 11.3 Å². The zero-order valence-corrected chi connectivity index (χ0v) is 10.6. The summed E-state index contributed by atoms with van der Waals surface area (Å²) >= 11 is 1.42. The van der Waals surface area contributed by atoms with Crippen molar-refractivity contribution in [1.29, 1.82) is 0 Å². The Balaban J connectivity index is 1.89. The molecule has 0 fully saturated rings. The van der Waals surface area contributed by atoms with Crippen molar-refractivity contribution in [2.75, 3.05) is 11.9 Å². The van der Waals surface area contributed by atoms with E-state index in [2.05, 4.69) is 21.7 Å². The van der Waals surface area contributed by atoms with Crippen LogP contribution in [0.4, 0.5) is 5.13 Å². The number of benzene rings is 1. The number of hydrogen-bond donors (Lipinski definition) is 2. The highest BCUT2D eigenvalue weighted by Crippen LogP contribution is 2.20. The van der Waals surface area contributed by atoms with Gasteiger partial charge in [0.05, 0.1) is 0 Å². The summed E-state index contributed by atoms with van der Waals surface area (Å²) < 4.78 is 0. The van der Waals surface area contributed by atoms with Crippen LogP contribution < -0.4 is 10.6 Å². The van der Waals surface area contributed by atoms with E-state index in [-0.39, 0.29) is 5.91 Å². The van der Waals surface area contributed by atoms with Crippen molar-refractivity contribution in [1.82, 2.24) is 10.3 Å². The minimum atomic E-state index is -0.0782. The van der Waals surface area contributed by atoms with E-state index in [0.29, 0.717) is 5.13 Å². The van der Waals surface area contributed by atoms with E-state index in [0.717, 1.165) is 30.6 Å². The van der Waals surface area contributed by atoms with Gasteiger partial charge in [-0.15, -0.1) is 11.3 Å². The molecule has 92 valence electrons. The number of rotatable bonds is 2. The normalized spacial score (nSPS) is 14.0. The van der Waals surface area contributed by atoms with Crippen LogP contribution in [0.5, 0.6) is 0 Å². The summed E-state index contributed by atoms with van der Waals surface area (Å²) in [5.74, 6) is -0.0782. The summed E-state index contributed by atoms with van der Waals surface area (Å²) in [4.78, 5) is 16.3. The zero-order valence-electron chi connectivity index (χ0n) is 9.77. The third-order valence-corrected chi connectivity index (χ3v) is 3.73. The largest absolute Gasteiger partial charge is 0.312 e. The zero-order chi connectivity index (χ0) is 12.4. The molecule has 2 heterocycles. The van der Waals surface area contributed by atoms with E-state index in [1.807, 2.05) is 17.5 Å². The average Bonchev–Trinajstić information content (AvgIpc) is 2.91. The first-order valence-electron chi connectivity index (χ1n) is 5.87. The molecule has 0 bridgehead atoms. The van der Waals surface area contributed by atoms with Crippen molar-refractivity contribution in [2.24, 2.45) is 0 Å². The van der Waals surface area contributed by atoms with Crippen LogP contribution in [0.15, 0.2) is 29.8 Å². The van der Waals surface area contributed by atoms with E-state index in [1.165, 1.54) is 16.9 Å². The molecule has 0 saturated carbocycles. The van der Waals surface area contributed by atoms with Gasteiger partial charge in [-0.2, -0.15) is 0 Å². The summed E-state index contributed by atoms with van der Waals surface area (Å²) in [6.07, 6.45) is 2.66. The van der Waals surface area contributed by atoms with Crippen molar-refractivity contribution in [3.8, 4) is 0 Å². The first-order chi connectivity index (χ1) is 8.84. The summed E-state index contributed by atoms with van der Waals surface area (Å²) in [6, 6.07) is 5.91. The quantitative estimate of drug-likeness (QED) is 0.867. The monoisotopic (exact) mass is 259 g/mol. The first kappa shape index (κ1) is 11.4. The maximum absolute atomic E-state index is 12.2. The highest BCUT2D eigenvalue weighted by atomic mass is 32.1. The maximum atomic E-state index is 12.2. The van der Waals surface area contributed by atoms with Crippen molar-refractivity contribution < 1.29 is 4.79 Å². The molecule has 18 heavy (non-hydrogen) atoms. The van der Waals surface area contributed by atoms with Gasteiger partial charge in [0.15, 0.2) is 5.13 Å². The highest BCUT2D eigenvalue weighted by molar-refractivity contribution is 7.13. The van der Waals surface area contributed by atoms with Crippen LogP contribution in [-0.4, -0.2) is 17.4 Å². The Labute approximate surface area is 109 Å². The molecule has 0 radical (unpaired) electrons. The van der Waals surface area contributed by atoms with Gasteiger partial charge < -0.3 is 5.32 Å². The lowest BCUT2D eigenvalue weighted by atomic mass is 9.95. The maximum Gasteiger partial charge on any atom is 0.257 e. The Hall–Kier alpha value is -1.72. The number of carbonyl (C=O) groups excluding carboxylic acids is 1. The third-order valence-electron chi connectivity index (χ3n) is 3.04. The molecule has 1 amide bonds. The van der Waals surface area contributed by atoms with E-state index in [1.54, 1.807) is 6.20 Å². The van der Waals surface area contributed by atoms with Crippen molar-refractivity contribution in [3.05, 3.63) is 46.5 Å². The van der Waals surface area contributed by atoms with Gasteiger partial charge in [0, 0.05) is 23.7 Å². The van der Waals surface area contributed by atoms with Crippen LogP contribution in [-0.2, 0) is 13.0 Å². The number of anilines is 1. The smallest absolute Gasteiger partial charge is 0.257 e. The standard InChI is InChI=1S/C13H13N3OS/c17-12(16-13-15-6-7-18-13)10-3-1-2-9-4-5-14-8-11(9)10/h1-3,6-7,14H,4-5,8H2,(H,15,16,17). The van der Waals surface area contributed by atoms with Gasteiger partial charge in [-0.1, -0.05) is 12.1 Å². The molecule has 1 aliphatic rings. The van der Waals surface area contributed by atoms with E-state index >= 15 is 0 Å². The molecular formula is C13H13N3OS. The van der Waals surface area contributed by atoms with E-state index in [4.69, 9.17) is 0 Å². The summed E-state index contributed by atoms with van der Waals surface area (Å²) in [6.45, 7) is 1.74. The van der Waals surface area contributed by atoms with E-state index < -0.39 is 0 Å². The number of thiazole rings is 1. The van der Waals surface area contributed by atoms with Gasteiger partial charge >= 0.3 is 0 Å². The number of hydrogen-bond acceptors (Lipinski definition) is 4. The third kappa shape index (κ3) is 2.14. The van der Waals surface area contributed by atoms with Crippen molar-refractivity contribution >= 4 is 22.4 Å². The molecule has 2 N–H and O–H groups in total. The van der Waals surface area contributed by atoms with Crippen LogP contribution in [0.2, 0.25) is 0 Å². The molecule has 1 aromatic heterocycles. The lowest BCUT2D eigenvalue weighted by Crippen LogP contribution is -2.27. The van der Waals surface area contributed by atoms with Gasteiger partial charge in [-0.3, -0.25) is 10.1 Å². The summed E-state index contributed by atoms with van der Waals surface area (Å²) in [7, 11) is 0. The molecule has 4 nitrogen and oxygen atoms in total. The lowest BCUT2D eigenvalue weighted by Gasteiger charge is -2.19. The van der Waals surface area contributed by atoms with Gasteiger partial charge in [-0.05, 0) is 30.2 Å². The number of carbonyl (C=O) groups is 1. The Morgan fingerprint density at radius 3 is 3.22 bits per heavy atom. The van der Waals surface area contributed by atoms with Crippen molar-refractivity contribution in [2.45, 2.75) is 13.0 Å². The van der Waals surface area contributed by atoms with E-state index in [9.17, 15) is 4.79 Å². The predicted octanol–water partition coefficient (Wildman–Crippen LogP) is 2.04. The van der Waals surface area contributed by atoms with Gasteiger partial charge in [0.2, 0.25) is 0 Å². The molecule has 0 spiro atoms. The fourth-order valence-electron chi connectivity index (χ4n) is 2.18. The fraction of sp³-hybridized carbons (Fsp3) is 0.231. The number of aromatic nitrogens is 1. The first-order valence-corrected chi connectivity index (χ1v) is 6.75. The van der Waals surface area contributed by atoms with Crippen LogP contribution in [0.25, 0.3) is 0 Å². The Bertz CT molecular complexity index is 566. The second-order valence-corrected chi connectivity index (χ2v) is 5.06. The van der Waals surface area contributed by atoms with Gasteiger partial charge in [0.1, 0.15) is 0 Å². The summed E-state index contributed by atoms with van der Waals surface area (Å²) in [5, 5.41) is 8.62. The minimum absolute atomic E-state index is 0.0782. The lowest BCUT2D eigenvalue weighted by molar-refractivity contribution is 0.102. The number of amides is 1. The van der Waals surface area contributed by atoms with Gasteiger partial charge in [0.25, 0.3) is 5.91 Å². The Morgan fingerprint density at radius 1 is 1.44 bits per heavy atom. The SMILES string of the molecule is O=C(Nc1nccs1)c1cccc2c1CNCC2. The predicted molar refractivity (Wildman–Crippen MR) is 71.9 cm³/mol. The molecule has 0 saturated heterocycles.